The average Bonchev–Trinajstić information content (AvgIpc) is 2.16. The van der Waals surface area contributed by atoms with E-state index in [1.54, 1.807) is 0 Å². The number of nitrogens with zero attached hydrogens (tertiary/aromatic N) is 1. The topological polar surface area (TPSA) is 35.8 Å². The third kappa shape index (κ3) is 7.37. The molecule has 2 heteroatoms. The van der Waals surface area contributed by atoms with Gasteiger partial charge in [0.1, 0.15) is 0 Å². The number of terminal acetylenes is 1. The largest absolute Gasteiger partial charge is 0.313 e. The van der Waals surface area contributed by atoms with Crippen LogP contribution in [-0.2, 0) is 0 Å². The van der Waals surface area contributed by atoms with Crippen LogP contribution in [-0.4, -0.2) is 12.6 Å². The van der Waals surface area contributed by atoms with Gasteiger partial charge in [-0.15, -0.1) is 12.3 Å². The van der Waals surface area contributed by atoms with Crippen LogP contribution in [0.3, 0.4) is 0 Å². The van der Waals surface area contributed by atoms with Crippen LogP contribution in [0.1, 0.15) is 39.0 Å². The Balaban J connectivity index is 3.30. The quantitative estimate of drug-likeness (QED) is 0.478. The lowest BCUT2D eigenvalue weighted by Crippen LogP contribution is -2.28. The molecule has 0 aromatic heterocycles. The van der Waals surface area contributed by atoms with E-state index in [4.69, 9.17) is 11.7 Å². The van der Waals surface area contributed by atoms with Crippen LogP contribution < -0.4 is 5.32 Å². The zero-order chi connectivity index (χ0) is 9.94. The van der Waals surface area contributed by atoms with Gasteiger partial charge >= 0.3 is 0 Å². The van der Waals surface area contributed by atoms with Crippen molar-refractivity contribution in [3.63, 3.8) is 0 Å². The molecule has 0 radical (unpaired) electrons. The molecule has 1 N–H and O–H groups in total. The van der Waals surface area contributed by atoms with Crippen molar-refractivity contribution >= 4 is 0 Å². The second-order valence-corrected chi connectivity index (χ2v) is 3.08. The van der Waals surface area contributed by atoms with E-state index in [2.05, 4.69) is 24.2 Å². The van der Waals surface area contributed by atoms with Gasteiger partial charge in [-0.05, 0) is 25.8 Å². The molecule has 1 unspecified atom stereocenters. The smallest absolute Gasteiger partial charge is 0.0638 e. The van der Waals surface area contributed by atoms with E-state index in [-0.39, 0.29) is 0 Å². The lowest BCUT2D eigenvalue weighted by atomic mass is 10.1. The second kappa shape index (κ2) is 9.10. The van der Waals surface area contributed by atoms with E-state index in [1.807, 2.05) is 0 Å². The number of nitriles is 1. The molecule has 0 bridgehead atoms. The van der Waals surface area contributed by atoms with Crippen LogP contribution in [0.2, 0.25) is 0 Å². The molecule has 0 fully saturated rings. The molecule has 0 saturated carbocycles. The van der Waals surface area contributed by atoms with Gasteiger partial charge in [-0.3, -0.25) is 0 Å². The summed E-state index contributed by atoms with van der Waals surface area (Å²) in [6.45, 7) is 3.07. The van der Waals surface area contributed by atoms with Crippen LogP contribution in [0.25, 0.3) is 0 Å². The van der Waals surface area contributed by atoms with Crippen molar-refractivity contribution in [1.82, 2.24) is 5.32 Å². The highest BCUT2D eigenvalue weighted by molar-refractivity contribution is 4.83. The summed E-state index contributed by atoms with van der Waals surface area (Å²) in [7, 11) is 0. The zero-order valence-corrected chi connectivity index (χ0v) is 8.34. The number of hydrogen-bond donors (Lipinski definition) is 1. The second-order valence-electron chi connectivity index (χ2n) is 3.08. The maximum absolute atomic E-state index is 8.49. The van der Waals surface area contributed by atoms with Gasteiger partial charge in [0.2, 0.25) is 0 Å². The van der Waals surface area contributed by atoms with Crippen molar-refractivity contribution in [3.05, 3.63) is 0 Å². The maximum atomic E-state index is 8.49. The Hall–Kier alpha value is -0.990. The van der Waals surface area contributed by atoms with E-state index < -0.39 is 0 Å². The van der Waals surface area contributed by atoms with Crippen LogP contribution in [0.4, 0.5) is 0 Å². The lowest BCUT2D eigenvalue weighted by molar-refractivity contribution is 0.493. The summed E-state index contributed by atoms with van der Waals surface area (Å²) in [5.41, 5.74) is 0. The van der Waals surface area contributed by atoms with Gasteiger partial charge in [-0.25, -0.2) is 0 Å². The Morgan fingerprint density at radius 2 is 2.23 bits per heavy atom. The Bertz CT molecular complexity index is 185. The van der Waals surface area contributed by atoms with Crippen LogP contribution >= 0.6 is 0 Å². The molecular weight excluding hydrogens is 160 g/mol. The predicted octanol–water partition coefficient (Wildman–Crippen LogP) is 2.07. The van der Waals surface area contributed by atoms with E-state index >= 15 is 0 Å². The van der Waals surface area contributed by atoms with Gasteiger partial charge in [0.25, 0.3) is 0 Å². The fraction of sp³-hybridized carbons (Fsp3) is 0.727. The predicted molar refractivity (Wildman–Crippen MR) is 55.0 cm³/mol. The minimum absolute atomic E-state index is 0.357. The first-order valence-corrected chi connectivity index (χ1v) is 4.89. The number of unbranched alkanes of at least 4 members (excludes halogenated alkanes) is 2. The van der Waals surface area contributed by atoms with E-state index in [9.17, 15) is 0 Å². The molecule has 13 heavy (non-hydrogen) atoms. The van der Waals surface area contributed by atoms with E-state index in [0.29, 0.717) is 12.5 Å². The highest BCUT2D eigenvalue weighted by Crippen LogP contribution is 1.97. The minimum Gasteiger partial charge on any atom is -0.313 e. The van der Waals surface area contributed by atoms with Crippen molar-refractivity contribution in [2.24, 2.45) is 0 Å². The van der Waals surface area contributed by atoms with Crippen molar-refractivity contribution in [2.75, 3.05) is 6.54 Å². The summed E-state index contributed by atoms with van der Waals surface area (Å²) in [6.07, 6.45) is 9.79. The molecule has 1 atom stereocenters. The summed E-state index contributed by atoms with van der Waals surface area (Å²) in [5.74, 6) is 2.61. The zero-order valence-electron chi connectivity index (χ0n) is 8.34. The molecule has 0 aliphatic carbocycles. The molecule has 0 heterocycles. The van der Waals surface area contributed by atoms with E-state index in [1.165, 1.54) is 0 Å². The molecule has 72 valence electrons. The van der Waals surface area contributed by atoms with Crippen molar-refractivity contribution in [1.29, 1.82) is 5.26 Å². The van der Waals surface area contributed by atoms with Gasteiger partial charge in [0, 0.05) is 12.5 Å². The molecule has 0 rings (SSSR count). The first kappa shape index (κ1) is 12.0. The van der Waals surface area contributed by atoms with Crippen molar-refractivity contribution in [2.45, 2.75) is 45.1 Å². The first-order chi connectivity index (χ1) is 6.35. The molecule has 0 spiro atoms. The summed E-state index contributed by atoms with van der Waals surface area (Å²) >= 11 is 0. The SMILES string of the molecule is C#CCCCCNC(CC)CC#N. The molecule has 0 aliphatic rings. The van der Waals surface area contributed by atoms with E-state index in [0.717, 1.165) is 32.2 Å². The fourth-order valence-corrected chi connectivity index (χ4v) is 1.13. The monoisotopic (exact) mass is 178 g/mol. The van der Waals surface area contributed by atoms with Crippen LogP contribution in [0, 0.1) is 23.7 Å². The number of hydrogen-bond acceptors (Lipinski definition) is 2. The number of rotatable bonds is 7. The molecule has 0 aromatic rings. The average molecular weight is 178 g/mol. The summed E-state index contributed by atoms with van der Waals surface area (Å²) < 4.78 is 0. The molecule has 0 amide bonds. The Kier molecular flexibility index (Phi) is 8.41. The Morgan fingerprint density at radius 3 is 2.77 bits per heavy atom. The van der Waals surface area contributed by atoms with Crippen LogP contribution in [0.5, 0.6) is 0 Å². The highest BCUT2D eigenvalue weighted by atomic mass is 14.9. The Morgan fingerprint density at radius 1 is 1.46 bits per heavy atom. The molecule has 0 aliphatic heterocycles. The minimum atomic E-state index is 0.357. The standard InChI is InChI=1S/C11H18N2/c1-3-5-6-7-10-13-11(4-2)8-9-12/h1,11,13H,4-8,10H2,2H3. The highest BCUT2D eigenvalue weighted by Gasteiger charge is 2.02. The number of nitrogens with one attached hydrogen (secondary N) is 1. The van der Waals surface area contributed by atoms with Crippen molar-refractivity contribution in [3.8, 4) is 18.4 Å². The third-order valence-electron chi connectivity index (χ3n) is 2.01. The third-order valence-corrected chi connectivity index (χ3v) is 2.01. The van der Waals surface area contributed by atoms with Gasteiger partial charge in [-0.1, -0.05) is 6.92 Å². The van der Waals surface area contributed by atoms with Gasteiger partial charge < -0.3 is 5.32 Å². The molecule has 0 saturated heterocycles. The van der Waals surface area contributed by atoms with Crippen molar-refractivity contribution < 1.29 is 0 Å². The lowest BCUT2D eigenvalue weighted by Gasteiger charge is -2.12. The van der Waals surface area contributed by atoms with Crippen LogP contribution in [0.15, 0.2) is 0 Å². The normalized spacial score (nSPS) is 11.6. The molecule has 0 aromatic carbocycles. The summed E-state index contributed by atoms with van der Waals surface area (Å²) in [5, 5.41) is 11.8. The summed E-state index contributed by atoms with van der Waals surface area (Å²) in [4.78, 5) is 0. The van der Waals surface area contributed by atoms with Gasteiger partial charge in [0.05, 0.1) is 12.5 Å². The maximum Gasteiger partial charge on any atom is 0.0638 e. The molecule has 2 nitrogen and oxygen atoms in total. The van der Waals surface area contributed by atoms with Gasteiger partial charge in [0.15, 0.2) is 0 Å². The first-order valence-electron chi connectivity index (χ1n) is 4.89. The molecular formula is C11H18N2. The van der Waals surface area contributed by atoms with Gasteiger partial charge in [-0.2, -0.15) is 5.26 Å². The summed E-state index contributed by atoms with van der Waals surface area (Å²) in [6, 6.07) is 2.53. The Labute approximate surface area is 81.3 Å². The fourth-order valence-electron chi connectivity index (χ4n) is 1.13.